The Labute approximate surface area is 184 Å². The second kappa shape index (κ2) is 8.69. The lowest BCUT2D eigenvalue weighted by molar-refractivity contribution is 0.102. The Morgan fingerprint density at radius 3 is 2.53 bits per heavy atom. The van der Waals surface area contributed by atoms with E-state index in [2.05, 4.69) is 20.4 Å². The molecule has 5 aromatic rings. The average Bonchev–Trinajstić information content (AvgIpc) is 3.54. The van der Waals surface area contributed by atoms with Crippen LogP contribution < -0.4 is 5.32 Å². The Hall–Kier alpha value is -4.52. The maximum absolute atomic E-state index is 12.8. The highest BCUT2D eigenvalue weighted by Gasteiger charge is 2.14. The van der Waals surface area contributed by atoms with E-state index < -0.39 is 0 Å². The highest BCUT2D eigenvalue weighted by Crippen LogP contribution is 2.21. The zero-order valence-electron chi connectivity index (χ0n) is 17.1. The lowest BCUT2D eigenvalue weighted by atomic mass is 10.1. The molecule has 32 heavy (non-hydrogen) atoms. The van der Waals surface area contributed by atoms with E-state index in [4.69, 9.17) is 4.52 Å². The summed E-state index contributed by atoms with van der Waals surface area (Å²) in [6.45, 7) is 0. The number of hydrogen-bond acceptors (Lipinski definition) is 5. The molecule has 0 aliphatic carbocycles. The van der Waals surface area contributed by atoms with Crippen LogP contribution in [0.1, 0.15) is 21.8 Å². The van der Waals surface area contributed by atoms with Gasteiger partial charge in [-0.1, -0.05) is 23.4 Å². The molecule has 0 saturated carbocycles. The first kappa shape index (κ1) is 19.4. The Morgan fingerprint density at radius 1 is 0.938 bits per heavy atom. The Kier molecular flexibility index (Phi) is 5.28. The number of nitrogens with zero attached hydrogens (tertiary/aromatic N) is 4. The van der Waals surface area contributed by atoms with Crippen LogP contribution in [0.15, 0.2) is 102 Å². The fourth-order valence-electron chi connectivity index (χ4n) is 3.38. The summed E-state index contributed by atoms with van der Waals surface area (Å²) < 4.78 is 7.40. The minimum absolute atomic E-state index is 0.182. The van der Waals surface area contributed by atoms with Gasteiger partial charge in [0.2, 0.25) is 11.7 Å². The molecule has 2 aromatic carbocycles. The van der Waals surface area contributed by atoms with Gasteiger partial charge in [0, 0.05) is 47.3 Å². The zero-order chi connectivity index (χ0) is 21.8. The highest BCUT2D eigenvalue weighted by molar-refractivity contribution is 6.04. The standard InChI is InChI=1S/C25H19N5O2/c31-25(18-9-11-21(12-10-18)30-14-3-4-15-30)27-22-8-2-1-6-19(22)16-23-28-24(29-32-23)20-7-5-13-26-17-20/h1-15,17H,16H2,(H,27,31). The highest BCUT2D eigenvalue weighted by atomic mass is 16.5. The van der Waals surface area contributed by atoms with Crippen molar-refractivity contribution in [3.8, 4) is 17.1 Å². The van der Waals surface area contributed by atoms with E-state index in [1.807, 2.05) is 89.8 Å². The molecule has 3 aromatic heterocycles. The number of amides is 1. The summed E-state index contributed by atoms with van der Waals surface area (Å²) in [6, 6.07) is 22.6. The number of para-hydroxylation sites is 1. The third-order valence-electron chi connectivity index (χ3n) is 5.03. The van der Waals surface area contributed by atoms with Crippen LogP contribution in [-0.4, -0.2) is 25.6 Å². The third kappa shape index (κ3) is 4.17. The molecule has 5 rings (SSSR count). The average molecular weight is 421 g/mol. The van der Waals surface area contributed by atoms with E-state index in [0.29, 0.717) is 29.4 Å². The molecule has 156 valence electrons. The van der Waals surface area contributed by atoms with E-state index in [1.54, 1.807) is 12.4 Å². The molecule has 0 unspecified atom stereocenters. The van der Waals surface area contributed by atoms with Crippen molar-refractivity contribution in [1.29, 1.82) is 0 Å². The number of anilines is 1. The van der Waals surface area contributed by atoms with Gasteiger partial charge in [-0.25, -0.2) is 0 Å². The van der Waals surface area contributed by atoms with Crippen molar-refractivity contribution in [2.24, 2.45) is 0 Å². The largest absolute Gasteiger partial charge is 0.339 e. The van der Waals surface area contributed by atoms with Crippen LogP contribution in [0.5, 0.6) is 0 Å². The number of nitrogens with one attached hydrogen (secondary N) is 1. The lowest BCUT2D eigenvalue weighted by Crippen LogP contribution is -2.13. The zero-order valence-corrected chi connectivity index (χ0v) is 17.1. The molecule has 7 heteroatoms. The number of benzene rings is 2. The fraction of sp³-hybridized carbons (Fsp3) is 0.0400. The van der Waals surface area contributed by atoms with Gasteiger partial charge in [0.25, 0.3) is 5.91 Å². The van der Waals surface area contributed by atoms with Gasteiger partial charge in [-0.05, 0) is 60.2 Å². The predicted molar refractivity (Wildman–Crippen MR) is 120 cm³/mol. The maximum Gasteiger partial charge on any atom is 0.255 e. The molecule has 0 radical (unpaired) electrons. The van der Waals surface area contributed by atoms with Crippen molar-refractivity contribution in [2.75, 3.05) is 5.32 Å². The van der Waals surface area contributed by atoms with Crippen molar-refractivity contribution < 1.29 is 9.32 Å². The molecular weight excluding hydrogens is 402 g/mol. The van der Waals surface area contributed by atoms with E-state index in [0.717, 1.165) is 16.8 Å². The first-order valence-corrected chi connectivity index (χ1v) is 10.1. The number of carbonyl (C=O) groups is 1. The van der Waals surface area contributed by atoms with Crippen LogP contribution in [0.4, 0.5) is 5.69 Å². The van der Waals surface area contributed by atoms with Gasteiger partial charge < -0.3 is 14.4 Å². The molecule has 0 aliphatic rings. The number of pyridine rings is 1. The van der Waals surface area contributed by atoms with Crippen molar-refractivity contribution in [1.82, 2.24) is 19.7 Å². The van der Waals surface area contributed by atoms with Crippen molar-refractivity contribution in [3.63, 3.8) is 0 Å². The smallest absolute Gasteiger partial charge is 0.255 e. The summed E-state index contributed by atoms with van der Waals surface area (Å²) >= 11 is 0. The molecule has 0 saturated heterocycles. The van der Waals surface area contributed by atoms with Gasteiger partial charge >= 0.3 is 0 Å². The molecule has 0 fully saturated rings. The summed E-state index contributed by atoms with van der Waals surface area (Å²) in [5.74, 6) is 0.761. The summed E-state index contributed by atoms with van der Waals surface area (Å²) in [7, 11) is 0. The van der Waals surface area contributed by atoms with Crippen LogP contribution in [-0.2, 0) is 6.42 Å². The van der Waals surface area contributed by atoms with Crippen molar-refractivity contribution in [2.45, 2.75) is 6.42 Å². The fourth-order valence-corrected chi connectivity index (χ4v) is 3.38. The van der Waals surface area contributed by atoms with Crippen LogP contribution in [0.25, 0.3) is 17.1 Å². The minimum atomic E-state index is -0.182. The Morgan fingerprint density at radius 2 is 1.75 bits per heavy atom. The Balaban J connectivity index is 1.31. The van der Waals surface area contributed by atoms with Gasteiger partial charge in [0.15, 0.2) is 0 Å². The summed E-state index contributed by atoms with van der Waals surface area (Å²) in [5, 5.41) is 7.03. The molecule has 1 amide bonds. The normalized spacial score (nSPS) is 10.8. The molecule has 0 atom stereocenters. The van der Waals surface area contributed by atoms with Crippen molar-refractivity contribution in [3.05, 3.63) is 115 Å². The van der Waals surface area contributed by atoms with Crippen LogP contribution in [0.2, 0.25) is 0 Å². The molecule has 3 heterocycles. The SMILES string of the molecule is O=C(Nc1ccccc1Cc1nc(-c2cccnc2)no1)c1ccc(-n2cccc2)cc1. The van der Waals surface area contributed by atoms with Gasteiger partial charge in [0.05, 0.1) is 6.42 Å². The lowest BCUT2D eigenvalue weighted by Gasteiger charge is -2.10. The number of rotatable bonds is 6. The minimum Gasteiger partial charge on any atom is -0.339 e. The second-order valence-electron chi connectivity index (χ2n) is 7.18. The number of carbonyl (C=O) groups excluding carboxylic acids is 1. The van der Waals surface area contributed by atoms with E-state index in [-0.39, 0.29) is 5.91 Å². The van der Waals surface area contributed by atoms with Crippen LogP contribution in [0, 0.1) is 0 Å². The molecule has 7 nitrogen and oxygen atoms in total. The van der Waals surface area contributed by atoms with E-state index >= 15 is 0 Å². The first-order chi connectivity index (χ1) is 15.8. The van der Waals surface area contributed by atoms with Gasteiger partial charge in [-0.3, -0.25) is 9.78 Å². The van der Waals surface area contributed by atoms with Crippen LogP contribution in [0.3, 0.4) is 0 Å². The topological polar surface area (TPSA) is 85.8 Å². The van der Waals surface area contributed by atoms with Gasteiger partial charge in [-0.2, -0.15) is 4.98 Å². The predicted octanol–water partition coefficient (Wildman–Crippen LogP) is 4.77. The summed E-state index contributed by atoms with van der Waals surface area (Å²) in [4.78, 5) is 21.4. The van der Waals surface area contributed by atoms with E-state index in [9.17, 15) is 4.79 Å². The molecular formula is C25H19N5O2. The second-order valence-corrected chi connectivity index (χ2v) is 7.18. The number of hydrogen-bond donors (Lipinski definition) is 1. The first-order valence-electron chi connectivity index (χ1n) is 10.1. The van der Waals surface area contributed by atoms with Gasteiger partial charge in [0.1, 0.15) is 0 Å². The van der Waals surface area contributed by atoms with Crippen LogP contribution >= 0.6 is 0 Å². The van der Waals surface area contributed by atoms with Crippen molar-refractivity contribution >= 4 is 11.6 Å². The van der Waals surface area contributed by atoms with E-state index in [1.165, 1.54) is 0 Å². The molecule has 1 N–H and O–H groups in total. The molecule has 0 aliphatic heterocycles. The third-order valence-corrected chi connectivity index (χ3v) is 5.03. The monoisotopic (exact) mass is 421 g/mol. The van der Waals surface area contributed by atoms with Gasteiger partial charge in [-0.15, -0.1) is 0 Å². The summed E-state index contributed by atoms with van der Waals surface area (Å²) in [5.41, 5.74) is 3.94. The number of aromatic nitrogens is 4. The maximum atomic E-state index is 12.8. The quantitative estimate of drug-likeness (QED) is 0.427. The molecule has 0 spiro atoms. The molecule has 0 bridgehead atoms. The summed E-state index contributed by atoms with van der Waals surface area (Å²) in [6.07, 6.45) is 7.70. The Bertz CT molecular complexity index is 1330.